The van der Waals surface area contributed by atoms with Crippen molar-refractivity contribution in [2.75, 3.05) is 0 Å². The molecule has 3 aromatic heterocycles. The van der Waals surface area contributed by atoms with Crippen LogP contribution in [0.3, 0.4) is 0 Å². The van der Waals surface area contributed by atoms with Crippen LogP contribution in [0.5, 0.6) is 0 Å². The lowest BCUT2D eigenvalue weighted by molar-refractivity contribution is 0.127. The summed E-state index contributed by atoms with van der Waals surface area (Å²) in [5.41, 5.74) is 2.43. The first kappa shape index (κ1) is 29.1. The van der Waals surface area contributed by atoms with E-state index in [9.17, 15) is 21.6 Å². The van der Waals surface area contributed by atoms with E-state index in [0.29, 0.717) is 33.1 Å². The van der Waals surface area contributed by atoms with Gasteiger partial charge in [-0.2, -0.15) is 17.5 Å². The normalized spacial score (nSPS) is 14.3. The van der Waals surface area contributed by atoms with Gasteiger partial charge in [0.25, 0.3) is 20.1 Å². The Morgan fingerprint density at radius 3 is 2.27 bits per heavy atom. The van der Waals surface area contributed by atoms with Crippen molar-refractivity contribution in [3.63, 3.8) is 0 Å². The third-order valence-electron chi connectivity index (χ3n) is 8.25. The Bertz CT molecular complexity index is 2420. The molecule has 0 aliphatic heterocycles. The van der Waals surface area contributed by atoms with Crippen LogP contribution < -0.4 is 5.69 Å². The molecule has 230 valence electrons. The molecule has 13 heteroatoms. The van der Waals surface area contributed by atoms with Crippen molar-refractivity contribution >= 4 is 42.1 Å². The third-order valence-corrected chi connectivity index (χ3v) is 11.3. The number of imidazole rings is 1. The number of fused-ring (bicyclic) bond motifs is 3. The van der Waals surface area contributed by atoms with Crippen LogP contribution in [0, 0.1) is 13.8 Å². The molecule has 1 saturated carbocycles. The summed E-state index contributed by atoms with van der Waals surface area (Å²) in [7, 11) is -6.77. The molecule has 1 fully saturated rings. The van der Waals surface area contributed by atoms with Crippen LogP contribution in [0.2, 0.25) is 0 Å². The molecule has 7 rings (SSSR count). The molecule has 0 radical (unpaired) electrons. The standard InChI is InChI=1S/C32H29N5O6S2/c1-20-7-12-26(13-8-20)44(39,40)37-31-30(28-15-22(10-11-23(28)17-33-31)24-18-34-35(3)19-24)36(32(37)38)29-16-27(14-9-21(29)2)45(41,42)43-25-5-4-6-25/h7-19,25H,4-6H2,1-3H3. The van der Waals surface area contributed by atoms with Gasteiger partial charge < -0.3 is 0 Å². The lowest BCUT2D eigenvalue weighted by Gasteiger charge is -2.24. The second-order valence-corrected chi connectivity index (χ2v) is 14.7. The van der Waals surface area contributed by atoms with E-state index < -0.39 is 25.8 Å². The lowest BCUT2D eigenvalue weighted by atomic mass is 9.97. The van der Waals surface area contributed by atoms with E-state index in [1.54, 1.807) is 43.0 Å². The molecule has 1 aliphatic rings. The fourth-order valence-electron chi connectivity index (χ4n) is 5.53. The minimum absolute atomic E-state index is 0.0813. The molecule has 3 aromatic carbocycles. The molecule has 3 heterocycles. The predicted molar refractivity (Wildman–Crippen MR) is 169 cm³/mol. The minimum Gasteiger partial charge on any atom is -0.275 e. The van der Waals surface area contributed by atoms with Crippen LogP contribution in [0.25, 0.3) is 38.8 Å². The molecular weight excluding hydrogens is 615 g/mol. The number of benzene rings is 3. The fraction of sp³-hybridized carbons (Fsp3) is 0.219. The molecule has 6 aromatic rings. The van der Waals surface area contributed by atoms with Gasteiger partial charge in [0, 0.05) is 35.8 Å². The number of hydrogen-bond donors (Lipinski definition) is 0. The Labute approximate surface area is 259 Å². The van der Waals surface area contributed by atoms with Crippen molar-refractivity contribution in [2.45, 2.75) is 49.0 Å². The highest BCUT2D eigenvalue weighted by atomic mass is 32.2. The van der Waals surface area contributed by atoms with Crippen LogP contribution in [0.1, 0.15) is 30.4 Å². The Hall–Kier alpha value is -4.59. The number of pyridine rings is 1. The lowest BCUT2D eigenvalue weighted by Crippen LogP contribution is -2.29. The summed E-state index contributed by atoms with van der Waals surface area (Å²) in [6.07, 6.45) is 6.89. The Kier molecular flexibility index (Phi) is 6.80. The number of rotatable bonds is 7. The first-order chi connectivity index (χ1) is 21.4. The molecule has 11 nitrogen and oxygen atoms in total. The minimum atomic E-state index is -4.43. The average molecular weight is 644 g/mol. The molecule has 0 spiro atoms. The first-order valence-corrected chi connectivity index (χ1v) is 17.2. The topological polar surface area (TPSA) is 135 Å². The number of aromatic nitrogens is 5. The molecule has 0 atom stereocenters. The highest BCUT2D eigenvalue weighted by Crippen LogP contribution is 2.33. The summed E-state index contributed by atoms with van der Waals surface area (Å²) in [5, 5.41) is 5.47. The van der Waals surface area contributed by atoms with E-state index in [2.05, 4.69) is 10.1 Å². The zero-order chi connectivity index (χ0) is 31.7. The van der Waals surface area contributed by atoms with Gasteiger partial charge in [-0.3, -0.25) is 13.4 Å². The quantitative estimate of drug-likeness (QED) is 0.225. The van der Waals surface area contributed by atoms with Gasteiger partial charge in [-0.25, -0.2) is 18.2 Å². The molecule has 45 heavy (non-hydrogen) atoms. The third kappa shape index (κ3) is 4.87. The predicted octanol–water partition coefficient (Wildman–Crippen LogP) is 4.85. The Balaban J connectivity index is 1.56. The second-order valence-electron chi connectivity index (χ2n) is 11.4. The van der Waals surface area contributed by atoms with Gasteiger partial charge in [0.15, 0.2) is 5.65 Å². The molecule has 0 amide bonds. The highest BCUT2D eigenvalue weighted by Gasteiger charge is 2.31. The molecular formula is C32H29N5O6S2. The van der Waals surface area contributed by atoms with E-state index in [1.807, 2.05) is 31.3 Å². The van der Waals surface area contributed by atoms with Crippen molar-refractivity contribution in [2.24, 2.45) is 7.05 Å². The highest BCUT2D eigenvalue weighted by molar-refractivity contribution is 7.90. The average Bonchev–Trinajstić information content (AvgIpc) is 3.56. The van der Waals surface area contributed by atoms with Gasteiger partial charge in [-0.1, -0.05) is 35.9 Å². The van der Waals surface area contributed by atoms with Crippen LogP contribution in [-0.2, 0) is 31.4 Å². The summed E-state index contributed by atoms with van der Waals surface area (Å²) in [4.78, 5) is 18.7. The maximum atomic E-state index is 14.4. The maximum absolute atomic E-state index is 14.4. The number of nitrogens with zero attached hydrogens (tertiary/aromatic N) is 5. The molecule has 0 bridgehead atoms. The Morgan fingerprint density at radius 2 is 1.60 bits per heavy atom. The van der Waals surface area contributed by atoms with Gasteiger partial charge in [-0.15, -0.1) is 0 Å². The summed E-state index contributed by atoms with van der Waals surface area (Å²) >= 11 is 0. The van der Waals surface area contributed by atoms with Gasteiger partial charge in [-0.05, 0) is 74.6 Å². The Morgan fingerprint density at radius 1 is 0.867 bits per heavy atom. The van der Waals surface area contributed by atoms with Gasteiger partial charge in [0.1, 0.15) is 5.52 Å². The SMILES string of the molecule is Cc1ccc(S(=O)(=O)n2c(=O)n(-c3cc(S(=O)(=O)OC4CCC4)ccc3C)c3c4cc(-c5cnn(C)c5)ccc4cnc32)cc1. The van der Waals surface area contributed by atoms with Crippen LogP contribution in [-0.4, -0.2) is 46.2 Å². The molecule has 1 aliphatic carbocycles. The second kappa shape index (κ2) is 10.5. The zero-order valence-electron chi connectivity index (χ0n) is 24.7. The van der Waals surface area contributed by atoms with E-state index in [1.165, 1.54) is 35.0 Å². The molecule has 0 unspecified atom stereocenters. The number of aryl methyl sites for hydroxylation is 3. The largest absolute Gasteiger partial charge is 0.349 e. The smallest absolute Gasteiger partial charge is 0.275 e. The number of hydrogen-bond acceptors (Lipinski definition) is 8. The van der Waals surface area contributed by atoms with E-state index in [4.69, 9.17) is 4.18 Å². The van der Waals surface area contributed by atoms with Crippen molar-refractivity contribution in [3.05, 3.63) is 101 Å². The van der Waals surface area contributed by atoms with Gasteiger partial charge in [0.05, 0.1) is 27.8 Å². The van der Waals surface area contributed by atoms with E-state index in [0.717, 1.165) is 23.1 Å². The van der Waals surface area contributed by atoms with E-state index in [-0.39, 0.29) is 32.7 Å². The first-order valence-electron chi connectivity index (χ1n) is 14.4. The molecule has 0 N–H and O–H groups in total. The van der Waals surface area contributed by atoms with Crippen molar-refractivity contribution in [1.29, 1.82) is 0 Å². The van der Waals surface area contributed by atoms with Gasteiger partial charge >= 0.3 is 5.69 Å². The maximum Gasteiger partial charge on any atom is 0.349 e. The molecule has 0 saturated heterocycles. The monoisotopic (exact) mass is 643 g/mol. The van der Waals surface area contributed by atoms with Crippen LogP contribution in [0.4, 0.5) is 0 Å². The summed E-state index contributed by atoms with van der Waals surface area (Å²) < 4.78 is 63.7. The van der Waals surface area contributed by atoms with E-state index >= 15 is 0 Å². The van der Waals surface area contributed by atoms with Crippen molar-refractivity contribution in [1.82, 2.24) is 23.3 Å². The van der Waals surface area contributed by atoms with Crippen molar-refractivity contribution in [3.8, 4) is 16.8 Å². The summed E-state index contributed by atoms with van der Waals surface area (Å²) in [6, 6.07) is 16.1. The van der Waals surface area contributed by atoms with Crippen molar-refractivity contribution < 1.29 is 21.0 Å². The zero-order valence-corrected chi connectivity index (χ0v) is 26.3. The van der Waals surface area contributed by atoms with Crippen LogP contribution >= 0.6 is 0 Å². The van der Waals surface area contributed by atoms with Gasteiger partial charge in [0.2, 0.25) is 0 Å². The summed E-state index contributed by atoms with van der Waals surface area (Å²) in [6.45, 7) is 3.56. The fourth-order valence-corrected chi connectivity index (χ4v) is 8.02. The summed E-state index contributed by atoms with van der Waals surface area (Å²) in [5.74, 6) is 0. The van der Waals surface area contributed by atoms with Crippen LogP contribution in [0.15, 0.2) is 93.8 Å².